The molecule has 0 saturated carbocycles. The Morgan fingerprint density at radius 3 is 2.44 bits per heavy atom. The molecule has 0 aliphatic carbocycles. The molecule has 0 radical (unpaired) electrons. The van der Waals surface area contributed by atoms with Crippen LogP contribution in [0.3, 0.4) is 0 Å². The Labute approximate surface area is 167 Å². The average molecular weight is 453 g/mol. The molecule has 1 heterocycles. The van der Waals surface area contributed by atoms with Gasteiger partial charge in [0.15, 0.2) is 0 Å². The monoisotopic (exact) mass is 452 g/mol. The van der Waals surface area contributed by atoms with Gasteiger partial charge in [-0.1, -0.05) is 22.0 Å². The second-order valence-electron chi connectivity index (χ2n) is 6.41. The van der Waals surface area contributed by atoms with E-state index in [4.69, 9.17) is 4.74 Å². The number of sulfonamides is 1. The molecular weight excluding hydrogens is 432 g/mol. The van der Waals surface area contributed by atoms with Crippen molar-refractivity contribution in [1.29, 1.82) is 0 Å². The number of morpholine rings is 1. The predicted octanol–water partition coefficient (Wildman–Crippen LogP) is 3.34. The summed E-state index contributed by atoms with van der Waals surface area (Å²) < 4.78 is 33.3. The van der Waals surface area contributed by atoms with E-state index in [-0.39, 0.29) is 10.8 Å². The van der Waals surface area contributed by atoms with Crippen molar-refractivity contribution in [2.45, 2.75) is 18.7 Å². The summed E-state index contributed by atoms with van der Waals surface area (Å²) >= 11 is 3.43. The van der Waals surface area contributed by atoms with Crippen LogP contribution in [0.1, 0.15) is 21.5 Å². The van der Waals surface area contributed by atoms with E-state index in [1.54, 1.807) is 25.1 Å². The molecule has 0 atom stereocenters. The van der Waals surface area contributed by atoms with Gasteiger partial charge in [0.2, 0.25) is 10.0 Å². The number of halogens is 1. The Hall–Kier alpha value is -1.74. The highest BCUT2D eigenvalue weighted by Gasteiger charge is 2.27. The maximum atomic E-state index is 12.8. The smallest absolute Gasteiger partial charge is 0.255 e. The summed E-state index contributed by atoms with van der Waals surface area (Å²) in [6.45, 7) is 5.10. The van der Waals surface area contributed by atoms with E-state index in [9.17, 15) is 13.2 Å². The van der Waals surface area contributed by atoms with Gasteiger partial charge < -0.3 is 10.1 Å². The lowest BCUT2D eigenvalue weighted by atomic mass is 10.1. The molecule has 1 saturated heterocycles. The third-order valence-electron chi connectivity index (χ3n) is 4.48. The third kappa shape index (κ3) is 4.40. The first-order chi connectivity index (χ1) is 12.8. The molecular formula is C19H21BrN2O4S. The maximum Gasteiger partial charge on any atom is 0.255 e. The molecule has 27 heavy (non-hydrogen) atoms. The third-order valence-corrected chi connectivity index (χ3v) is 7.26. The molecule has 0 bridgehead atoms. The minimum atomic E-state index is -3.65. The minimum Gasteiger partial charge on any atom is -0.379 e. The zero-order valence-corrected chi connectivity index (χ0v) is 17.6. The predicted molar refractivity (Wildman–Crippen MR) is 108 cm³/mol. The Morgan fingerprint density at radius 1 is 1.07 bits per heavy atom. The lowest BCUT2D eigenvalue weighted by molar-refractivity contribution is 0.0730. The summed E-state index contributed by atoms with van der Waals surface area (Å²) in [5.41, 5.74) is 2.70. The lowest BCUT2D eigenvalue weighted by Gasteiger charge is -2.26. The largest absolute Gasteiger partial charge is 0.379 e. The minimum absolute atomic E-state index is 0.118. The van der Waals surface area contributed by atoms with Gasteiger partial charge in [0.1, 0.15) is 0 Å². The first-order valence-corrected chi connectivity index (χ1v) is 10.8. The molecule has 6 nitrogen and oxygen atoms in total. The van der Waals surface area contributed by atoms with Crippen molar-refractivity contribution in [2.75, 3.05) is 31.6 Å². The standard InChI is InChI=1S/C19H21BrN2O4S/c1-13-3-5-16(27(24,25)22-7-9-26-10-8-22)12-17(13)19(23)21-15-4-6-18(20)14(2)11-15/h3-6,11-12H,7-10H2,1-2H3,(H,21,23). The van der Waals surface area contributed by atoms with Crippen LogP contribution in [-0.4, -0.2) is 44.9 Å². The molecule has 2 aromatic rings. The zero-order chi connectivity index (χ0) is 19.6. The topological polar surface area (TPSA) is 75.7 Å². The summed E-state index contributed by atoms with van der Waals surface area (Å²) in [5, 5.41) is 2.84. The summed E-state index contributed by atoms with van der Waals surface area (Å²) in [6, 6.07) is 10.2. The number of rotatable bonds is 4. The van der Waals surface area contributed by atoms with Crippen LogP contribution in [0.15, 0.2) is 45.8 Å². The number of carbonyl (C=O) groups is 1. The van der Waals surface area contributed by atoms with Gasteiger partial charge in [-0.2, -0.15) is 4.31 Å². The van der Waals surface area contributed by atoms with Crippen LogP contribution in [0.2, 0.25) is 0 Å². The van der Waals surface area contributed by atoms with Gasteiger partial charge in [0.25, 0.3) is 5.91 Å². The molecule has 3 rings (SSSR count). The van der Waals surface area contributed by atoms with E-state index in [0.29, 0.717) is 43.1 Å². The molecule has 1 fully saturated rings. The Bertz CT molecular complexity index is 970. The zero-order valence-electron chi connectivity index (χ0n) is 15.2. The highest BCUT2D eigenvalue weighted by Crippen LogP contribution is 2.23. The van der Waals surface area contributed by atoms with Crippen molar-refractivity contribution in [1.82, 2.24) is 4.31 Å². The molecule has 2 aromatic carbocycles. The van der Waals surface area contributed by atoms with E-state index in [2.05, 4.69) is 21.2 Å². The number of ether oxygens (including phenoxy) is 1. The fourth-order valence-corrected chi connectivity index (χ4v) is 4.54. The fraction of sp³-hybridized carbons (Fsp3) is 0.316. The van der Waals surface area contributed by atoms with Gasteiger partial charge in [0.05, 0.1) is 18.1 Å². The maximum absolute atomic E-state index is 12.8. The summed E-state index contributed by atoms with van der Waals surface area (Å²) in [5.74, 6) is -0.340. The van der Waals surface area contributed by atoms with Crippen LogP contribution >= 0.6 is 15.9 Å². The number of nitrogens with zero attached hydrogens (tertiary/aromatic N) is 1. The van der Waals surface area contributed by atoms with Gasteiger partial charge >= 0.3 is 0 Å². The van der Waals surface area contributed by atoms with Crippen molar-refractivity contribution < 1.29 is 17.9 Å². The van der Waals surface area contributed by atoms with Crippen LogP contribution < -0.4 is 5.32 Å². The number of anilines is 1. The van der Waals surface area contributed by atoms with E-state index in [0.717, 1.165) is 10.0 Å². The van der Waals surface area contributed by atoms with Crippen molar-refractivity contribution >= 4 is 37.5 Å². The fourth-order valence-electron chi connectivity index (χ4n) is 2.86. The molecule has 1 amide bonds. The molecule has 0 unspecified atom stereocenters. The van der Waals surface area contributed by atoms with Crippen LogP contribution in [0.25, 0.3) is 0 Å². The highest BCUT2D eigenvalue weighted by molar-refractivity contribution is 9.10. The van der Waals surface area contributed by atoms with Gasteiger partial charge in [-0.05, 0) is 55.3 Å². The molecule has 1 N–H and O–H groups in total. The van der Waals surface area contributed by atoms with Gasteiger partial charge in [-0.3, -0.25) is 4.79 Å². The van der Waals surface area contributed by atoms with Gasteiger partial charge in [-0.25, -0.2) is 8.42 Å². The summed E-state index contributed by atoms with van der Waals surface area (Å²) in [6.07, 6.45) is 0. The first-order valence-electron chi connectivity index (χ1n) is 8.55. The Kier molecular flexibility index (Phi) is 6.00. The molecule has 0 spiro atoms. The van der Waals surface area contributed by atoms with E-state index in [1.807, 2.05) is 19.1 Å². The van der Waals surface area contributed by atoms with Crippen LogP contribution in [0.4, 0.5) is 5.69 Å². The number of amides is 1. The highest BCUT2D eigenvalue weighted by atomic mass is 79.9. The van der Waals surface area contributed by atoms with Crippen LogP contribution in [0.5, 0.6) is 0 Å². The van der Waals surface area contributed by atoms with Crippen molar-refractivity contribution in [2.24, 2.45) is 0 Å². The number of aryl methyl sites for hydroxylation is 2. The van der Waals surface area contributed by atoms with Crippen LogP contribution in [-0.2, 0) is 14.8 Å². The summed E-state index contributed by atoms with van der Waals surface area (Å²) in [7, 11) is -3.65. The quantitative estimate of drug-likeness (QED) is 0.771. The number of benzene rings is 2. The molecule has 1 aliphatic rings. The number of carbonyl (C=O) groups excluding carboxylic acids is 1. The van der Waals surface area contributed by atoms with Crippen molar-refractivity contribution in [3.8, 4) is 0 Å². The first kappa shape index (κ1) is 20.0. The molecule has 1 aliphatic heterocycles. The van der Waals surface area contributed by atoms with E-state index >= 15 is 0 Å². The second-order valence-corrected chi connectivity index (χ2v) is 9.20. The van der Waals surface area contributed by atoms with E-state index < -0.39 is 10.0 Å². The normalized spacial score (nSPS) is 15.5. The summed E-state index contributed by atoms with van der Waals surface area (Å²) in [4.78, 5) is 12.9. The van der Waals surface area contributed by atoms with Crippen molar-refractivity contribution in [3.63, 3.8) is 0 Å². The Balaban J connectivity index is 1.88. The second kappa shape index (κ2) is 8.10. The molecule has 0 aromatic heterocycles. The number of nitrogens with one attached hydrogen (secondary N) is 1. The van der Waals surface area contributed by atoms with E-state index in [1.165, 1.54) is 10.4 Å². The number of hydrogen-bond acceptors (Lipinski definition) is 4. The SMILES string of the molecule is Cc1cc(NC(=O)c2cc(S(=O)(=O)N3CCOCC3)ccc2C)ccc1Br. The van der Waals surface area contributed by atoms with Gasteiger partial charge in [0, 0.05) is 28.8 Å². The Morgan fingerprint density at radius 2 is 1.78 bits per heavy atom. The van der Waals surface area contributed by atoms with Crippen LogP contribution in [0, 0.1) is 13.8 Å². The lowest BCUT2D eigenvalue weighted by Crippen LogP contribution is -2.40. The molecule has 144 valence electrons. The van der Waals surface area contributed by atoms with Crippen molar-refractivity contribution in [3.05, 3.63) is 57.6 Å². The molecule has 8 heteroatoms. The van der Waals surface area contributed by atoms with Gasteiger partial charge in [-0.15, -0.1) is 0 Å². The number of hydrogen-bond donors (Lipinski definition) is 1. The average Bonchev–Trinajstić information content (AvgIpc) is 2.65.